The molecule has 4 heteroatoms. The van der Waals surface area contributed by atoms with E-state index in [4.69, 9.17) is 22.1 Å². The molecule has 1 aliphatic heterocycles. The van der Waals surface area contributed by atoms with Crippen molar-refractivity contribution in [3.8, 4) is 0 Å². The SMILES string of the molecule is CC1(C)CN(CCC(N)c2ccccc2Cl)CC(C)(C)O1. The Balaban J connectivity index is 1.95. The molecule has 1 aromatic rings. The summed E-state index contributed by atoms with van der Waals surface area (Å²) in [6, 6.07) is 7.82. The van der Waals surface area contributed by atoms with Crippen LogP contribution >= 0.6 is 11.6 Å². The molecule has 0 saturated carbocycles. The molecule has 0 bridgehead atoms. The zero-order valence-electron chi connectivity index (χ0n) is 13.5. The molecular weight excluding hydrogens is 284 g/mol. The fourth-order valence-electron chi connectivity index (χ4n) is 3.36. The minimum atomic E-state index is -0.115. The van der Waals surface area contributed by atoms with Crippen LogP contribution in [0.1, 0.15) is 45.7 Å². The van der Waals surface area contributed by atoms with Gasteiger partial charge in [-0.25, -0.2) is 0 Å². The lowest BCUT2D eigenvalue weighted by Gasteiger charge is -2.47. The van der Waals surface area contributed by atoms with Crippen LogP contribution in [0.5, 0.6) is 0 Å². The highest BCUT2D eigenvalue weighted by molar-refractivity contribution is 6.31. The van der Waals surface area contributed by atoms with Crippen LogP contribution in [0.3, 0.4) is 0 Å². The van der Waals surface area contributed by atoms with E-state index in [0.29, 0.717) is 0 Å². The Morgan fingerprint density at radius 2 is 1.76 bits per heavy atom. The minimum absolute atomic E-state index is 0.0206. The van der Waals surface area contributed by atoms with Gasteiger partial charge in [-0.3, -0.25) is 4.90 Å². The summed E-state index contributed by atoms with van der Waals surface area (Å²) < 4.78 is 6.11. The van der Waals surface area contributed by atoms with Crippen LogP contribution in [-0.2, 0) is 4.74 Å². The van der Waals surface area contributed by atoms with E-state index in [1.54, 1.807) is 0 Å². The van der Waals surface area contributed by atoms with Crippen molar-refractivity contribution in [2.45, 2.75) is 51.4 Å². The number of halogens is 1. The number of nitrogens with zero attached hydrogens (tertiary/aromatic N) is 1. The lowest BCUT2D eigenvalue weighted by atomic mass is 9.97. The number of nitrogens with two attached hydrogens (primary N) is 1. The van der Waals surface area contributed by atoms with Gasteiger partial charge in [-0.2, -0.15) is 0 Å². The molecule has 1 unspecified atom stereocenters. The number of morpholine rings is 1. The molecule has 0 aliphatic carbocycles. The Morgan fingerprint density at radius 3 is 2.33 bits per heavy atom. The first kappa shape index (κ1) is 16.8. The van der Waals surface area contributed by atoms with E-state index in [-0.39, 0.29) is 17.2 Å². The molecule has 2 N–H and O–H groups in total. The van der Waals surface area contributed by atoms with Gasteiger partial charge in [0, 0.05) is 30.7 Å². The monoisotopic (exact) mass is 310 g/mol. The zero-order chi connectivity index (χ0) is 15.7. The second-order valence-electron chi connectivity index (χ2n) is 7.25. The summed E-state index contributed by atoms with van der Waals surface area (Å²) in [7, 11) is 0. The van der Waals surface area contributed by atoms with Crippen molar-refractivity contribution in [1.82, 2.24) is 4.90 Å². The van der Waals surface area contributed by atoms with Crippen LogP contribution in [-0.4, -0.2) is 35.7 Å². The van der Waals surface area contributed by atoms with E-state index in [0.717, 1.165) is 36.6 Å². The first-order valence-corrected chi connectivity index (χ1v) is 7.99. The fourth-order valence-corrected chi connectivity index (χ4v) is 3.63. The van der Waals surface area contributed by atoms with Crippen molar-refractivity contribution in [3.05, 3.63) is 34.9 Å². The van der Waals surface area contributed by atoms with Crippen LogP contribution in [0, 0.1) is 0 Å². The number of rotatable bonds is 4. The molecule has 3 nitrogen and oxygen atoms in total. The van der Waals surface area contributed by atoms with E-state index in [9.17, 15) is 0 Å². The summed E-state index contributed by atoms with van der Waals surface area (Å²) in [6.45, 7) is 11.4. The summed E-state index contributed by atoms with van der Waals surface area (Å²) >= 11 is 6.22. The number of hydrogen-bond donors (Lipinski definition) is 1. The third kappa shape index (κ3) is 4.68. The molecule has 1 aromatic carbocycles. The molecule has 0 radical (unpaired) electrons. The summed E-state index contributed by atoms with van der Waals surface area (Å²) in [6.07, 6.45) is 0.899. The van der Waals surface area contributed by atoms with Crippen LogP contribution in [0.15, 0.2) is 24.3 Å². The van der Waals surface area contributed by atoms with Crippen molar-refractivity contribution < 1.29 is 4.74 Å². The van der Waals surface area contributed by atoms with Gasteiger partial charge in [0.1, 0.15) is 0 Å². The van der Waals surface area contributed by atoms with Crippen molar-refractivity contribution in [1.29, 1.82) is 0 Å². The molecule has 2 rings (SSSR count). The molecule has 1 atom stereocenters. The maximum atomic E-state index is 6.31. The van der Waals surface area contributed by atoms with Gasteiger partial charge in [-0.05, 0) is 45.7 Å². The Kier molecular flexibility index (Phi) is 4.99. The summed E-state index contributed by atoms with van der Waals surface area (Å²) in [5.41, 5.74) is 7.11. The predicted octanol–water partition coefficient (Wildman–Crippen LogP) is 3.62. The van der Waals surface area contributed by atoms with Gasteiger partial charge >= 0.3 is 0 Å². The zero-order valence-corrected chi connectivity index (χ0v) is 14.3. The highest BCUT2D eigenvalue weighted by Gasteiger charge is 2.37. The average molecular weight is 311 g/mol. The van der Waals surface area contributed by atoms with Crippen molar-refractivity contribution in [2.24, 2.45) is 5.73 Å². The molecule has 1 aliphatic rings. The van der Waals surface area contributed by atoms with Gasteiger partial charge in [0.25, 0.3) is 0 Å². The topological polar surface area (TPSA) is 38.5 Å². The van der Waals surface area contributed by atoms with Crippen LogP contribution < -0.4 is 5.73 Å². The van der Waals surface area contributed by atoms with Crippen LogP contribution in [0.2, 0.25) is 5.02 Å². The molecule has 21 heavy (non-hydrogen) atoms. The molecular formula is C17H27ClN2O. The minimum Gasteiger partial charge on any atom is -0.367 e. The lowest BCUT2D eigenvalue weighted by molar-refractivity contribution is -0.180. The molecule has 0 aromatic heterocycles. The molecule has 1 fully saturated rings. The number of ether oxygens (including phenoxy) is 1. The van der Waals surface area contributed by atoms with Crippen molar-refractivity contribution in [3.63, 3.8) is 0 Å². The third-order valence-corrected chi connectivity index (χ3v) is 4.17. The standard InChI is InChI=1S/C17H27ClN2O/c1-16(2)11-20(12-17(3,4)21-16)10-9-15(19)13-7-5-6-8-14(13)18/h5-8,15H,9-12,19H2,1-4H3. The maximum Gasteiger partial charge on any atom is 0.0760 e. The number of benzene rings is 1. The van der Waals surface area contributed by atoms with Gasteiger partial charge in [0.2, 0.25) is 0 Å². The van der Waals surface area contributed by atoms with E-state index in [2.05, 4.69) is 32.6 Å². The summed E-state index contributed by atoms with van der Waals surface area (Å²) in [5, 5.41) is 0.757. The third-order valence-electron chi connectivity index (χ3n) is 3.82. The normalized spacial score (nSPS) is 23.0. The second kappa shape index (κ2) is 6.25. The van der Waals surface area contributed by atoms with Gasteiger partial charge in [0.15, 0.2) is 0 Å². The lowest BCUT2D eigenvalue weighted by Crippen LogP contribution is -2.57. The van der Waals surface area contributed by atoms with Crippen molar-refractivity contribution >= 4 is 11.6 Å². The quantitative estimate of drug-likeness (QED) is 0.923. The van der Waals surface area contributed by atoms with Crippen molar-refractivity contribution in [2.75, 3.05) is 19.6 Å². The van der Waals surface area contributed by atoms with Gasteiger partial charge in [-0.1, -0.05) is 29.8 Å². The Labute approximate surface area is 133 Å². The Bertz CT molecular complexity index is 471. The average Bonchev–Trinajstić information content (AvgIpc) is 2.33. The Morgan fingerprint density at radius 1 is 1.19 bits per heavy atom. The first-order valence-electron chi connectivity index (χ1n) is 7.61. The predicted molar refractivity (Wildman–Crippen MR) is 88.7 cm³/mol. The second-order valence-corrected chi connectivity index (χ2v) is 7.66. The molecule has 1 saturated heterocycles. The first-order chi connectivity index (χ1) is 9.69. The smallest absolute Gasteiger partial charge is 0.0760 e. The van der Waals surface area contributed by atoms with E-state index in [1.807, 2.05) is 24.3 Å². The highest BCUT2D eigenvalue weighted by Crippen LogP contribution is 2.29. The number of hydrogen-bond acceptors (Lipinski definition) is 3. The highest BCUT2D eigenvalue weighted by atomic mass is 35.5. The summed E-state index contributed by atoms with van der Waals surface area (Å²) in [4.78, 5) is 2.44. The summed E-state index contributed by atoms with van der Waals surface area (Å²) in [5.74, 6) is 0. The van der Waals surface area contributed by atoms with Crippen LogP contribution in [0.4, 0.5) is 0 Å². The maximum absolute atomic E-state index is 6.31. The molecule has 0 amide bonds. The van der Waals surface area contributed by atoms with E-state index in [1.165, 1.54) is 0 Å². The Hall–Kier alpha value is -0.610. The van der Waals surface area contributed by atoms with Crippen LogP contribution in [0.25, 0.3) is 0 Å². The van der Waals surface area contributed by atoms with Gasteiger partial charge in [-0.15, -0.1) is 0 Å². The van der Waals surface area contributed by atoms with Gasteiger partial charge < -0.3 is 10.5 Å². The van der Waals surface area contributed by atoms with E-state index < -0.39 is 0 Å². The molecule has 0 spiro atoms. The molecule has 1 heterocycles. The van der Waals surface area contributed by atoms with Gasteiger partial charge in [0.05, 0.1) is 11.2 Å². The van der Waals surface area contributed by atoms with E-state index >= 15 is 0 Å². The largest absolute Gasteiger partial charge is 0.367 e. The fraction of sp³-hybridized carbons (Fsp3) is 0.647. The molecule has 118 valence electrons.